The van der Waals surface area contributed by atoms with E-state index < -0.39 is 0 Å². The van der Waals surface area contributed by atoms with Crippen LogP contribution in [0.25, 0.3) is 0 Å². The third-order valence-electron chi connectivity index (χ3n) is 5.22. The quantitative estimate of drug-likeness (QED) is 0.856. The Morgan fingerprint density at radius 1 is 1.14 bits per heavy atom. The Morgan fingerprint density at radius 2 is 2.00 bits per heavy atom. The number of benzene rings is 2. The van der Waals surface area contributed by atoms with Crippen LogP contribution in [0.3, 0.4) is 0 Å². The Morgan fingerprint density at radius 3 is 2.86 bits per heavy atom. The van der Waals surface area contributed by atoms with Crippen molar-refractivity contribution in [3.05, 3.63) is 48.0 Å². The van der Waals surface area contributed by atoms with E-state index in [0.29, 0.717) is 19.8 Å². The molecule has 6 heteroatoms. The van der Waals surface area contributed by atoms with Crippen molar-refractivity contribution in [1.82, 2.24) is 4.90 Å². The summed E-state index contributed by atoms with van der Waals surface area (Å²) in [6, 6.07) is 13.8. The molecule has 2 aromatic rings. The van der Waals surface area contributed by atoms with Crippen LogP contribution in [-0.4, -0.2) is 44.2 Å². The zero-order valence-electron chi connectivity index (χ0n) is 16.1. The normalized spacial score (nSPS) is 19.1. The zero-order valence-corrected chi connectivity index (χ0v) is 16.1. The summed E-state index contributed by atoms with van der Waals surface area (Å²) in [6.45, 7) is 2.63. The average molecular weight is 382 g/mol. The van der Waals surface area contributed by atoms with Crippen molar-refractivity contribution >= 4 is 11.6 Å². The summed E-state index contributed by atoms with van der Waals surface area (Å²) in [5.41, 5.74) is 1.92. The number of methoxy groups -OCH3 is 1. The molecule has 0 saturated carbocycles. The maximum atomic E-state index is 12.6. The first kappa shape index (κ1) is 18.6. The van der Waals surface area contributed by atoms with Crippen LogP contribution in [0.15, 0.2) is 42.5 Å². The van der Waals surface area contributed by atoms with Gasteiger partial charge in [0.1, 0.15) is 5.75 Å². The number of carbonyl (C=O) groups excluding carboxylic acids is 1. The van der Waals surface area contributed by atoms with Gasteiger partial charge in [-0.25, -0.2) is 0 Å². The van der Waals surface area contributed by atoms with E-state index in [1.54, 1.807) is 7.11 Å². The van der Waals surface area contributed by atoms with E-state index in [0.717, 1.165) is 48.7 Å². The molecule has 0 unspecified atom stereocenters. The largest absolute Gasteiger partial charge is 0.497 e. The van der Waals surface area contributed by atoms with E-state index >= 15 is 0 Å². The Kier molecular flexibility index (Phi) is 5.67. The highest BCUT2D eigenvalue weighted by Crippen LogP contribution is 2.37. The standard InChI is InChI=1S/C22H26N2O4/c1-26-18-6-2-5-17(14-18)23-22(25)15-24-10-3-7-19(24)16-8-9-20-21(13-16)28-12-4-11-27-20/h2,5-6,8-9,13-14,19H,3-4,7,10-12,15H2,1H3,(H,23,25)/t19-/m0/s1. The topological polar surface area (TPSA) is 60.0 Å². The fourth-order valence-corrected chi connectivity index (χ4v) is 3.87. The molecule has 1 fully saturated rings. The summed E-state index contributed by atoms with van der Waals surface area (Å²) in [7, 11) is 1.62. The number of ether oxygens (including phenoxy) is 3. The fraction of sp³-hybridized carbons (Fsp3) is 0.409. The molecule has 1 atom stereocenters. The van der Waals surface area contributed by atoms with Gasteiger partial charge in [-0.15, -0.1) is 0 Å². The van der Waals surface area contributed by atoms with Gasteiger partial charge in [0.05, 0.1) is 26.9 Å². The summed E-state index contributed by atoms with van der Waals surface area (Å²) >= 11 is 0. The van der Waals surface area contributed by atoms with Crippen molar-refractivity contribution in [2.75, 3.05) is 38.7 Å². The Labute approximate surface area is 165 Å². The second-order valence-electron chi connectivity index (χ2n) is 7.17. The van der Waals surface area contributed by atoms with Crippen LogP contribution in [0, 0.1) is 0 Å². The summed E-state index contributed by atoms with van der Waals surface area (Å²) in [6.07, 6.45) is 3.00. The van der Waals surface area contributed by atoms with Crippen LogP contribution >= 0.6 is 0 Å². The number of nitrogens with one attached hydrogen (secondary N) is 1. The van der Waals surface area contributed by atoms with Gasteiger partial charge >= 0.3 is 0 Å². The molecule has 1 saturated heterocycles. The lowest BCUT2D eigenvalue weighted by Gasteiger charge is -2.25. The minimum absolute atomic E-state index is 0.0190. The van der Waals surface area contributed by atoms with Crippen LogP contribution < -0.4 is 19.5 Å². The van der Waals surface area contributed by atoms with Crippen molar-refractivity contribution in [1.29, 1.82) is 0 Å². The van der Waals surface area contributed by atoms with Crippen molar-refractivity contribution in [3.63, 3.8) is 0 Å². The van der Waals surface area contributed by atoms with Crippen molar-refractivity contribution in [2.45, 2.75) is 25.3 Å². The predicted molar refractivity (Wildman–Crippen MR) is 107 cm³/mol. The number of amides is 1. The number of nitrogens with zero attached hydrogens (tertiary/aromatic N) is 1. The van der Waals surface area contributed by atoms with Crippen LogP contribution in [-0.2, 0) is 4.79 Å². The minimum Gasteiger partial charge on any atom is -0.497 e. The van der Waals surface area contributed by atoms with Gasteiger partial charge in [-0.2, -0.15) is 0 Å². The first-order valence-corrected chi connectivity index (χ1v) is 9.80. The van der Waals surface area contributed by atoms with Crippen LogP contribution in [0.1, 0.15) is 30.9 Å². The van der Waals surface area contributed by atoms with E-state index in [9.17, 15) is 4.79 Å². The average Bonchev–Trinajstić information content (AvgIpc) is 3.03. The van der Waals surface area contributed by atoms with Gasteiger partial charge in [-0.05, 0) is 49.2 Å². The highest BCUT2D eigenvalue weighted by molar-refractivity contribution is 5.92. The van der Waals surface area contributed by atoms with Crippen LogP contribution in [0.4, 0.5) is 5.69 Å². The maximum absolute atomic E-state index is 12.6. The Bertz CT molecular complexity index is 839. The molecule has 0 aromatic heterocycles. The molecule has 2 aliphatic rings. The molecular weight excluding hydrogens is 356 g/mol. The van der Waals surface area contributed by atoms with Gasteiger partial charge in [0.25, 0.3) is 0 Å². The molecule has 1 N–H and O–H groups in total. The smallest absolute Gasteiger partial charge is 0.238 e. The summed E-state index contributed by atoms with van der Waals surface area (Å²) in [4.78, 5) is 14.8. The molecule has 0 radical (unpaired) electrons. The molecule has 6 nitrogen and oxygen atoms in total. The Balaban J connectivity index is 1.43. The molecular formula is C22H26N2O4. The van der Waals surface area contributed by atoms with Gasteiger partial charge in [-0.3, -0.25) is 9.69 Å². The third-order valence-corrected chi connectivity index (χ3v) is 5.22. The SMILES string of the molecule is COc1cccc(NC(=O)CN2CCC[C@H]2c2ccc3c(c2)OCCCO3)c1. The van der Waals surface area contributed by atoms with Gasteiger partial charge in [0.15, 0.2) is 11.5 Å². The summed E-state index contributed by atoms with van der Waals surface area (Å²) in [5.74, 6) is 2.32. The fourth-order valence-electron chi connectivity index (χ4n) is 3.87. The molecule has 0 aliphatic carbocycles. The lowest BCUT2D eigenvalue weighted by molar-refractivity contribution is -0.117. The van der Waals surface area contributed by atoms with E-state index in [4.69, 9.17) is 14.2 Å². The van der Waals surface area contributed by atoms with Gasteiger partial charge < -0.3 is 19.5 Å². The number of rotatable bonds is 5. The Hall–Kier alpha value is -2.73. The first-order valence-electron chi connectivity index (χ1n) is 9.80. The summed E-state index contributed by atoms with van der Waals surface area (Å²) < 4.78 is 16.8. The highest BCUT2D eigenvalue weighted by atomic mass is 16.5. The molecule has 0 bridgehead atoms. The summed E-state index contributed by atoms with van der Waals surface area (Å²) in [5, 5.41) is 2.97. The zero-order chi connectivity index (χ0) is 19.3. The molecule has 2 aliphatic heterocycles. The molecule has 28 heavy (non-hydrogen) atoms. The van der Waals surface area contributed by atoms with Crippen molar-refractivity contribution in [3.8, 4) is 17.2 Å². The first-order chi connectivity index (χ1) is 13.7. The van der Waals surface area contributed by atoms with Gasteiger partial charge in [0.2, 0.25) is 5.91 Å². The number of carbonyl (C=O) groups is 1. The van der Waals surface area contributed by atoms with Gasteiger partial charge in [-0.1, -0.05) is 12.1 Å². The molecule has 1 amide bonds. The maximum Gasteiger partial charge on any atom is 0.238 e. The lowest BCUT2D eigenvalue weighted by Crippen LogP contribution is -2.32. The van der Waals surface area contributed by atoms with E-state index in [-0.39, 0.29) is 11.9 Å². The predicted octanol–water partition coefficient (Wildman–Crippen LogP) is 3.63. The van der Waals surface area contributed by atoms with E-state index in [1.807, 2.05) is 30.3 Å². The van der Waals surface area contributed by atoms with E-state index in [2.05, 4.69) is 22.3 Å². The lowest BCUT2D eigenvalue weighted by atomic mass is 10.0. The third kappa shape index (κ3) is 4.22. The van der Waals surface area contributed by atoms with Crippen LogP contribution in [0.2, 0.25) is 0 Å². The molecule has 2 heterocycles. The van der Waals surface area contributed by atoms with Crippen LogP contribution in [0.5, 0.6) is 17.2 Å². The number of hydrogen-bond acceptors (Lipinski definition) is 5. The number of anilines is 1. The second kappa shape index (κ2) is 8.52. The van der Waals surface area contributed by atoms with Crippen molar-refractivity contribution in [2.24, 2.45) is 0 Å². The minimum atomic E-state index is -0.0190. The molecule has 148 valence electrons. The number of fused-ring (bicyclic) bond motifs is 1. The number of likely N-dealkylation sites (tertiary alicyclic amines) is 1. The van der Waals surface area contributed by atoms with Gasteiger partial charge in [0, 0.05) is 24.2 Å². The highest BCUT2D eigenvalue weighted by Gasteiger charge is 2.28. The second-order valence-corrected chi connectivity index (χ2v) is 7.17. The molecule has 4 rings (SSSR count). The number of hydrogen-bond donors (Lipinski definition) is 1. The molecule has 2 aromatic carbocycles. The monoisotopic (exact) mass is 382 g/mol. The molecule has 0 spiro atoms. The van der Waals surface area contributed by atoms with Crippen molar-refractivity contribution < 1.29 is 19.0 Å². The van der Waals surface area contributed by atoms with E-state index in [1.165, 1.54) is 5.56 Å².